The Kier molecular flexibility index (Phi) is 9.24. The minimum atomic E-state index is -3.73. The molecule has 0 aliphatic heterocycles. The van der Waals surface area contributed by atoms with Crippen LogP contribution in [0.4, 0.5) is 16.4 Å². The van der Waals surface area contributed by atoms with E-state index in [1.54, 1.807) is 69.3 Å². The van der Waals surface area contributed by atoms with E-state index >= 15 is 0 Å². The summed E-state index contributed by atoms with van der Waals surface area (Å²) in [6, 6.07) is 13.0. The molecule has 0 aliphatic carbocycles. The summed E-state index contributed by atoms with van der Waals surface area (Å²) in [5, 5.41) is 6.44. The maximum absolute atomic E-state index is 12.6. The summed E-state index contributed by atoms with van der Waals surface area (Å²) in [5.74, 6) is -1.12. The van der Waals surface area contributed by atoms with Gasteiger partial charge in [0.25, 0.3) is 10.0 Å². The average molecular weight is 562 g/mol. The van der Waals surface area contributed by atoms with E-state index in [0.717, 1.165) is 16.9 Å². The number of nitrogens with one attached hydrogen (secondary N) is 3. The molecule has 2 aromatic carbocycles. The predicted molar refractivity (Wildman–Crippen MR) is 149 cm³/mol. The molecule has 9 nitrogen and oxygen atoms in total. The van der Waals surface area contributed by atoms with Crippen molar-refractivity contribution in [1.29, 1.82) is 0 Å². The number of anilines is 3. The molecule has 0 radical (unpaired) electrons. The van der Waals surface area contributed by atoms with Crippen molar-refractivity contribution in [1.82, 2.24) is 0 Å². The van der Waals surface area contributed by atoms with E-state index in [0.29, 0.717) is 21.9 Å². The Hall–Kier alpha value is -3.48. The third-order valence-corrected chi connectivity index (χ3v) is 7.83. The molecule has 1 aromatic heterocycles. The molecule has 0 amide bonds. The minimum absolute atomic E-state index is 0.162. The van der Waals surface area contributed by atoms with E-state index in [1.807, 2.05) is 6.92 Å². The van der Waals surface area contributed by atoms with Crippen LogP contribution in [0.3, 0.4) is 0 Å². The molecule has 0 spiro atoms. The number of thiocarbonyl (C=S) groups is 1. The Morgan fingerprint density at radius 3 is 2.03 bits per heavy atom. The molecule has 37 heavy (non-hydrogen) atoms. The number of rotatable bonds is 9. The van der Waals surface area contributed by atoms with Gasteiger partial charge in [-0.25, -0.2) is 18.0 Å². The summed E-state index contributed by atoms with van der Waals surface area (Å²) < 4.78 is 38.0. The highest BCUT2D eigenvalue weighted by Gasteiger charge is 2.27. The van der Waals surface area contributed by atoms with Crippen LogP contribution in [0, 0.1) is 13.8 Å². The standard InChI is InChI=1S/C25H27N3O6S3/c1-5-33-23(29)20-16(4)21(24(30)34-6-2)36-22(20)27-25(35)26-17-9-11-18(12-10-17)28-37(31,32)19-13-7-15(3)8-14-19/h7-14,28H,5-6H2,1-4H3,(H2,26,27,35). The largest absolute Gasteiger partial charge is 0.462 e. The van der Waals surface area contributed by atoms with Gasteiger partial charge in [0.2, 0.25) is 0 Å². The second kappa shape index (κ2) is 12.2. The second-order valence-corrected chi connectivity index (χ2v) is 10.9. The lowest BCUT2D eigenvalue weighted by atomic mass is 10.1. The van der Waals surface area contributed by atoms with Gasteiger partial charge in [-0.1, -0.05) is 17.7 Å². The number of esters is 2. The van der Waals surface area contributed by atoms with Crippen molar-refractivity contribution < 1.29 is 27.5 Å². The van der Waals surface area contributed by atoms with Crippen LogP contribution in [0.25, 0.3) is 0 Å². The van der Waals surface area contributed by atoms with Gasteiger partial charge < -0.3 is 20.1 Å². The molecule has 0 saturated heterocycles. The lowest BCUT2D eigenvalue weighted by Crippen LogP contribution is -2.20. The van der Waals surface area contributed by atoms with Gasteiger partial charge >= 0.3 is 11.9 Å². The summed E-state index contributed by atoms with van der Waals surface area (Å²) in [4.78, 5) is 25.3. The summed E-state index contributed by atoms with van der Waals surface area (Å²) in [7, 11) is -3.73. The van der Waals surface area contributed by atoms with E-state index in [1.165, 1.54) is 0 Å². The summed E-state index contributed by atoms with van der Waals surface area (Å²) in [6.07, 6.45) is 0. The average Bonchev–Trinajstić information content (AvgIpc) is 3.16. The van der Waals surface area contributed by atoms with Crippen molar-refractivity contribution in [3.63, 3.8) is 0 Å². The highest BCUT2D eigenvalue weighted by atomic mass is 32.2. The van der Waals surface area contributed by atoms with Gasteiger partial charge in [-0.3, -0.25) is 4.72 Å². The number of hydrogen-bond donors (Lipinski definition) is 3. The Balaban J connectivity index is 1.73. The quantitative estimate of drug-likeness (QED) is 0.235. The van der Waals surface area contributed by atoms with Gasteiger partial charge in [-0.05, 0) is 81.9 Å². The molecule has 0 fully saturated rings. The molecule has 12 heteroatoms. The number of hydrogen-bond acceptors (Lipinski definition) is 8. The lowest BCUT2D eigenvalue weighted by Gasteiger charge is -2.12. The van der Waals surface area contributed by atoms with Crippen LogP contribution in [0.5, 0.6) is 0 Å². The molecule has 0 unspecified atom stereocenters. The highest BCUT2D eigenvalue weighted by molar-refractivity contribution is 7.92. The van der Waals surface area contributed by atoms with Crippen molar-refractivity contribution in [3.05, 3.63) is 70.1 Å². The van der Waals surface area contributed by atoms with Gasteiger partial charge in [0.1, 0.15) is 9.88 Å². The Morgan fingerprint density at radius 1 is 0.865 bits per heavy atom. The smallest absolute Gasteiger partial charge is 0.348 e. The van der Waals surface area contributed by atoms with E-state index in [4.69, 9.17) is 21.7 Å². The first-order chi connectivity index (χ1) is 17.6. The third-order valence-electron chi connectivity index (χ3n) is 5.04. The van der Waals surface area contributed by atoms with E-state index in [2.05, 4.69) is 15.4 Å². The van der Waals surface area contributed by atoms with E-state index in [-0.39, 0.29) is 33.7 Å². The number of sulfonamides is 1. The molecule has 3 aromatic rings. The van der Waals surface area contributed by atoms with Gasteiger partial charge in [0, 0.05) is 11.4 Å². The fourth-order valence-corrected chi connectivity index (χ4v) is 5.70. The molecule has 0 atom stereocenters. The van der Waals surface area contributed by atoms with Crippen molar-refractivity contribution in [3.8, 4) is 0 Å². The van der Waals surface area contributed by atoms with Gasteiger partial charge in [0.15, 0.2) is 5.11 Å². The minimum Gasteiger partial charge on any atom is -0.462 e. The first kappa shape index (κ1) is 28.1. The molecule has 3 N–H and O–H groups in total. The zero-order valence-electron chi connectivity index (χ0n) is 20.7. The molecule has 1 heterocycles. The molecule has 196 valence electrons. The summed E-state index contributed by atoms with van der Waals surface area (Å²) in [5.41, 5.74) is 2.57. The monoisotopic (exact) mass is 561 g/mol. The molecule has 3 rings (SSSR count). The van der Waals surface area contributed by atoms with E-state index in [9.17, 15) is 18.0 Å². The fraction of sp³-hybridized carbons (Fsp3) is 0.240. The first-order valence-corrected chi connectivity index (χ1v) is 14.0. The molecule has 0 bridgehead atoms. The number of carbonyl (C=O) groups excluding carboxylic acids is 2. The van der Waals surface area contributed by atoms with Crippen molar-refractivity contribution >= 4 is 67.0 Å². The highest BCUT2D eigenvalue weighted by Crippen LogP contribution is 2.34. The predicted octanol–water partition coefficient (Wildman–Crippen LogP) is 5.33. The fourth-order valence-electron chi connectivity index (χ4n) is 3.26. The maximum atomic E-state index is 12.6. The van der Waals surface area contributed by atoms with Crippen LogP contribution in [0.1, 0.15) is 45.0 Å². The lowest BCUT2D eigenvalue weighted by molar-refractivity contribution is 0.0527. The van der Waals surface area contributed by atoms with Gasteiger partial charge in [-0.15, -0.1) is 11.3 Å². The Morgan fingerprint density at radius 2 is 1.43 bits per heavy atom. The number of carbonyl (C=O) groups is 2. The maximum Gasteiger partial charge on any atom is 0.348 e. The topological polar surface area (TPSA) is 123 Å². The number of benzene rings is 2. The molecule has 0 aliphatic rings. The van der Waals surface area contributed by atoms with Crippen molar-refractivity contribution in [2.75, 3.05) is 28.6 Å². The number of aryl methyl sites for hydroxylation is 1. The second-order valence-electron chi connectivity index (χ2n) is 7.78. The van der Waals surface area contributed by atoms with Crippen LogP contribution in [-0.2, 0) is 19.5 Å². The molecular formula is C25H27N3O6S3. The Bertz CT molecular complexity index is 1400. The number of thiophene rings is 1. The van der Waals surface area contributed by atoms with Gasteiger partial charge in [0.05, 0.1) is 23.7 Å². The first-order valence-electron chi connectivity index (χ1n) is 11.3. The molecular weight excluding hydrogens is 534 g/mol. The zero-order chi connectivity index (χ0) is 27.2. The Labute approximate surface area is 225 Å². The van der Waals surface area contributed by atoms with Crippen molar-refractivity contribution in [2.45, 2.75) is 32.6 Å². The van der Waals surface area contributed by atoms with Gasteiger partial charge in [-0.2, -0.15) is 0 Å². The summed E-state index contributed by atoms with van der Waals surface area (Å²) in [6.45, 7) is 7.29. The van der Waals surface area contributed by atoms with Crippen LogP contribution in [-0.4, -0.2) is 38.7 Å². The molecule has 0 saturated carbocycles. The van der Waals surface area contributed by atoms with Crippen LogP contribution < -0.4 is 15.4 Å². The third kappa shape index (κ3) is 7.06. The SMILES string of the molecule is CCOC(=O)c1sc(NC(=S)Nc2ccc(NS(=O)(=O)c3ccc(C)cc3)cc2)c(C(=O)OCC)c1C. The summed E-state index contributed by atoms with van der Waals surface area (Å²) >= 11 is 6.44. The van der Waals surface area contributed by atoms with E-state index < -0.39 is 22.0 Å². The zero-order valence-corrected chi connectivity index (χ0v) is 23.2. The number of ether oxygens (including phenoxy) is 2. The normalized spacial score (nSPS) is 10.9. The van der Waals surface area contributed by atoms with Crippen LogP contribution in [0.2, 0.25) is 0 Å². The van der Waals surface area contributed by atoms with Crippen LogP contribution >= 0.6 is 23.6 Å². The van der Waals surface area contributed by atoms with Crippen LogP contribution in [0.15, 0.2) is 53.4 Å². The van der Waals surface area contributed by atoms with Crippen molar-refractivity contribution in [2.24, 2.45) is 0 Å².